The Kier molecular flexibility index (Phi) is 6.04. The first-order valence-corrected chi connectivity index (χ1v) is 9.76. The Morgan fingerprint density at radius 3 is 2.28 bits per heavy atom. The van der Waals surface area contributed by atoms with Crippen molar-refractivity contribution in [3.8, 4) is 11.1 Å². The summed E-state index contributed by atoms with van der Waals surface area (Å²) in [6, 6.07) is 21.5. The van der Waals surface area contributed by atoms with Crippen molar-refractivity contribution in [1.29, 1.82) is 0 Å². The summed E-state index contributed by atoms with van der Waals surface area (Å²) in [4.78, 5) is 12.6. The van der Waals surface area contributed by atoms with Crippen LogP contribution in [0.15, 0.2) is 66.7 Å². The van der Waals surface area contributed by atoms with E-state index in [-0.39, 0.29) is 5.97 Å². The van der Waals surface area contributed by atoms with E-state index in [4.69, 9.17) is 16.2 Å². The van der Waals surface area contributed by atoms with E-state index < -0.39 is 5.60 Å². The van der Waals surface area contributed by atoms with E-state index >= 15 is 0 Å². The predicted molar refractivity (Wildman–Crippen MR) is 119 cm³/mol. The van der Waals surface area contributed by atoms with Crippen molar-refractivity contribution in [2.75, 3.05) is 5.73 Å². The number of benzene rings is 3. The third kappa shape index (κ3) is 5.04. The maximum Gasteiger partial charge on any atom is 0.339 e. The molecule has 0 aliphatic rings. The van der Waals surface area contributed by atoms with Gasteiger partial charge in [0.25, 0.3) is 0 Å². The zero-order chi connectivity index (χ0) is 21.0. The summed E-state index contributed by atoms with van der Waals surface area (Å²) in [5.74, 6) is -0.318. The molecule has 0 spiro atoms. The Hall–Kier alpha value is -3.11. The molecule has 29 heavy (non-hydrogen) atoms. The quantitative estimate of drug-likeness (QED) is 0.479. The zero-order valence-corrected chi connectivity index (χ0v) is 17.2. The van der Waals surface area contributed by atoms with Crippen LogP contribution in [-0.4, -0.2) is 11.6 Å². The number of nitrogen functional groups attached to an aromatic ring is 1. The third-order valence-electron chi connectivity index (χ3n) is 4.72. The van der Waals surface area contributed by atoms with Crippen molar-refractivity contribution >= 4 is 11.7 Å². The molecule has 0 aliphatic heterocycles. The monoisotopic (exact) mass is 388 g/mol. The molecule has 0 aliphatic carbocycles. The van der Waals surface area contributed by atoms with Gasteiger partial charge in [-0.1, -0.05) is 54.6 Å². The van der Waals surface area contributed by atoms with Gasteiger partial charge in [0.2, 0.25) is 0 Å². The van der Waals surface area contributed by atoms with Crippen molar-refractivity contribution in [2.24, 2.45) is 5.73 Å². The molecule has 3 rings (SSSR count). The summed E-state index contributed by atoms with van der Waals surface area (Å²) in [6.45, 7) is 6.06. The topological polar surface area (TPSA) is 78.3 Å². The van der Waals surface area contributed by atoms with Gasteiger partial charge in [0.1, 0.15) is 5.60 Å². The highest BCUT2D eigenvalue weighted by Gasteiger charge is 2.20. The molecule has 0 fully saturated rings. The van der Waals surface area contributed by atoms with Crippen LogP contribution in [0.25, 0.3) is 11.1 Å². The van der Waals surface area contributed by atoms with Crippen LogP contribution in [0.1, 0.15) is 47.8 Å². The Morgan fingerprint density at radius 1 is 0.931 bits per heavy atom. The van der Waals surface area contributed by atoms with Gasteiger partial charge in [-0.3, -0.25) is 0 Å². The number of nitrogens with two attached hydrogens (primary N) is 2. The van der Waals surface area contributed by atoms with Gasteiger partial charge in [0.15, 0.2) is 0 Å². The van der Waals surface area contributed by atoms with E-state index in [1.165, 1.54) is 0 Å². The van der Waals surface area contributed by atoms with Crippen LogP contribution in [0.2, 0.25) is 0 Å². The van der Waals surface area contributed by atoms with E-state index in [1.54, 1.807) is 6.07 Å². The van der Waals surface area contributed by atoms with Crippen LogP contribution in [-0.2, 0) is 17.7 Å². The van der Waals surface area contributed by atoms with E-state index in [1.807, 2.05) is 69.3 Å². The van der Waals surface area contributed by atoms with Crippen LogP contribution >= 0.6 is 0 Å². The number of esters is 1. The molecule has 0 bridgehead atoms. The molecule has 0 radical (unpaired) electrons. The summed E-state index contributed by atoms with van der Waals surface area (Å²) >= 11 is 0. The minimum absolute atomic E-state index is 0.318. The fourth-order valence-corrected chi connectivity index (χ4v) is 3.31. The molecule has 4 heteroatoms. The minimum atomic E-state index is -0.537. The van der Waals surface area contributed by atoms with Gasteiger partial charge in [0, 0.05) is 12.2 Å². The summed E-state index contributed by atoms with van der Waals surface area (Å²) in [5, 5.41) is 0. The van der Waals surface area contributed by atoms with Crippen LogP contribution in [0, 0.1) is 0 Å². The summed E-state index contributed by atoms with van der Waals surface area (Å²) in [5.41, 5.74) is 17.9. The lowest BCUT2D eigenvalue weighted by Gasteiger charge is -2.20. The van der Waals surface area contributed by atoms with Gasteiger partial charge in [0.05, 0.1) is 5.56 Å². The molecule has 150 valence electrons. The van der Waals surface area contributed by atoms with E-state index in [2.05, 4.69) is 12.1 Å². The fourth-order valence-electron chi connectivity index (χ4n) is 3.31. The Labute approximate surface area is 172 Å². The predicted octanol–water partition coefficient (Wildman–Crippen LogP) is 4.94. The number of carbonyl (C=O) groups is 1. The molecule has 0 saturated carbocycles. The second kappa shape index (κ2) is 8.50. The Balaban J connectivity index is 1.88. The highest BCUT2D eigenvalue weighted by Crippen LogP contribution is 2.27. The van der Waals surface area contributed by atoms with Gasteiger partial charge < -0.3 is 16.2 Å². The molecule has 0 heterocycles. The lowest BCUT2D eigenvalue weighted by Crippen LogP contribution is -2.24. The van der Waals surface area contributed by atoms with Crippen molar-refractivity contribution < 1.29 is 9.53 Å². The van der Waals surface area contributed by atoms with Crippen molar-refractivity contribution in [3.63, 3.8) is 0 Å². The normalized spacial score (nSPS) is 11.3. The fraction of sp³-hybridized carbons (Fsp3) is 0.240. The van der Waals surface area contributed by atoms with E-state index in [0.717, 1.165) is 33.5 Å². The smallest absolute Gasteiger partial charge is 0.339 e. The number of hydrogen-bond acceptors (Lipinski definition) is 4. The lowest BCUT2D eigenvalue weighted by molar-refractivity contribution is 0.00704. The first kappa shape index (κ1) is 20.6. The zero-order valence-electron chi connectivity index (χ0n) is 17.2. The van der Waals surface area contributed by atoms with Crippen molar-refractivity contribution in [3.05, 3.63) is 89.0 Å². The summed E-state index contributed by atoms with van der Waals surface area (Å²) in [6.07, 6.45) is 0.715. The number of hydrogen-bond donors (Lipinski definition) is 2. The van der Waals surface area contributed by atoms with Gasteiger partial charge in [-0.2, -0.15) is 0 Å². The second-order valence-corrected chi connectivity index (χ2v) is 8.11. The second-order valence-electron chi connectivity index (χ2n) is 8.11. The standard InChI is InChI=1S/C25H28N2O2/c1-25(2,3)29-24(28)21-9-5-4-8-20(21)18-13-11-17(12-14-18)15-22-19(16-26)7-6-10-23(22)27/h4-14H,15-16,26-27H2,1-3H3. The van der Waals surface area contributed by atoms with Crippen LogP contribution in [0.5, 0.6) is 0 Å². The van der Waals surface area contributed by atoms with E-state index in [9.17, 15) is 4.79 Å². The highest BCUT2D eigenvalue weighted by molar-refractivity contribution is 5.97. The molecule has 0 amide bonds. The molecule has 0 unspecified atom stereocenters. The molecular weight excluding hydrogens is 360 g/mol. The number of carbonyl (C=O) groups excluding carboxylic acids is 1. The van der Waals surface area contributed by atoms with Gasteiger partial charge in [-0.25, -0.2) is 4.79 Å². The molecule has 4 N–H and O–H groups in total. The number of rotatable bonds is 5. The van der Waals surface area contributed by atoms with Crippen molar-refractivity contribution in [1.82, 2.24) is 0 Å². The molecule has 3 aromatic rings. The number of ether oxygens (including phenoxy) is 1. The Bertz CT molecular complexity index is 1000. The third-order valence-corrected chi connectivity index (χ3v) is 4.72. The molecule has 0 saturated heterocycles. The van der Waals surface area contributed by atoms with Gasteiger partial charge >= 0.3 is 5.97 Å². The Morgan fingerprint density at radius 2 is 1.62 bits per heavy atom. The average molecular weight is 389 g/mol. The highest BCUT2D eigenvalue weighted by atomic mass is 16.6. The SMILES string of the molecule is CC(C)(C)OC(=O)c1ccccc1-c1ccc(Cc2c(N)cccc2CN)cc1. The molecule has 0 atom stereocenters. The maximum atomic E-state index is 12.6. The van der Waals surface area contributed by atoms with Crippen LogP contribution in [0.3, 0.4) is 0 Å². The minimum Gasteiger partial charge on any atom is -0.456 e. The maximum absolute atomic E-state index is 12.6. The molecule has 0 aromatic heterocycles. The van der Waals surface area contributed by atoms with E-state index in [0.29, 0.717) is 18.5 Å². The molecule has 4 nitrogen and oxygen atoms in total. The van der Waals surface area contributed by atoms with Gasteiger partial charge in [-0.15, -0.1) is 0 Å². The first-order chi connectivity index (χ1) is 13.8. The van der Waals surface area contributed by atoms with Gasteiger partial charge in [-0.05, 0) is 67.1 Å². The average Bonchev–Trinajstić information content (AvgIpc) is 2.69. The molecular formula is C25H28N2O2. The van der Waals surface area contributed by atoms with Crippen LogP contribution in [0.4, 0.5) is 5.69 Å². The van der Waals surface area contributed by atoms with Crippen molar-refractivity contribution in [2.45, 2.75) is 39.3 Å². The summed E-state index contributed by atoms with van der Waals surface area (Å²) < 4.78 is 5.56. The van der Waals surface area contributed by atoms with Crippen LogP contribution < -0.4 is 11.5 Å². The largest absolute Gasteiger partial charge is 0.456 e. The molecule has 3 aromatic carbocycles. The lowest BCUT2D eigenvalue weighted by atomic mass is 9.95. The first-order valence-electron chi connectivity index (χ1n) is 9.76. The number of anilines is 1. The summed E-state index contributed by atoms with van der Waals surface area (Å²) in [7, 11) is 0.